The molecule has 4 N–H and O–H groups in total. The summed E-state index contributed by atoms with van der Waals surface area (Å²) < 4.78 is 51.5. The van der Waals surface area contributed by atoms with E-state index in [1.54, 1.807) is 6.92 Å². The first-order chi connectivity index (χ1) is 16.5. The van der Waals surface area contributed by atoms with Crippen molar-refractivity contribution in [3.8, 4) is 23.0 Å². The highest BCUT2D eigenvalue weighted by Gasteiger charge is 2.29. The van der Waals surface area contributed by atoms with Crippen molar-refractivity contribution in [2.45, 2.75) is 13.8 Å². The van der Waals surface area contributed by atoms with Crippen LogP contribution >= 0.6 is 0 Å². The van der Waals surface area contributed by atoms with Crippen molar-refractivity contribution in [2.24, 2.45) is 0 Å². The fraction of sp³-hybridized carbons (Fsp3) is 0.300. The summed E-state index contributed by atoms with van der Waals surface area (Å²) in [6.07, 6.45) is 0. The average molecular weight is 535 g/mol. The number of rotatable bonds is 7. The highest BCUT2D eigenvalue weighted by atomic mass is 32.3. The van der Waals surface area contributed by atoms with Crippen LogP contribution < -0.4 is 18.9 Å². The molecular weight excluding hydrogens is 510 g/mol. The molecule has 0 spiro atoms. The first-order valence-electron chi connectivity index (χ1n) is 9.32. The summed E-state index contributed by atoms with van der Waals surface area (Å²) in [4.78, 5) is 31.8. The van der Waals surface area contributed by atoms with Crippen LogP contribution in [0.3, 0.4) is 0 Å². The zero-order chi connectivity index (χ0) is 28.4. The van der Waals surface area contributed by atoms with Gasteiger partial charge in [0.1, 0.15) is 22.8 Å². The number of methoxy groups -OCH3 is 4. The molecule has 0 bridgehead atoms. The van der Waals surface area contributed by atoms with Crippen LogP contribution in [0.5, 0.6) is 23.0 Å². The predicted octanol–water partition coefficient (Wildman–Crippen LogP) is 2.68. The SMILES string of the molecule is COc1cc(C(=O)O)c([N+](=O)[O-])c(OC)c1C.COc1cc(C(=O)O)cc(OC)c1C.O=S(=O)(O)O. The zero-order valence-corrected chi connectivity index (χ0v) is 20.8. The minimum absolute atomic E-state index is 0.105. The maximum atomic E-state index is 11.0. The van der Waals surface area contributed by atoms with Crippen molar-refractivity contribution in [1.82, 2.24) is 0 Å². The highest BCUT2D eigenvalue weighted by Crippen LogP contribution is 2.39. The minimum atomic E-state index is -4.67. The van der Waals surface area contributed by atoms with E-state index in [0.29, 0.717) is 17.1 Å². The van der Waals surface area contributed by atoms with Crippen molar-refractivity contribution < 1.29 is 61.2 Å². The lowest BCUT2D eigenvalue weighted by molar-refractivity contribution is -0.386. The molecular formula is C20H25NO14S. The van der Waals surface area contributed by atoms with Gasteiger partial charge in [0.2, 0.25) is 5.75 Å². The lowest BCUT2D eigenvalue weighted by Gasteiger charge is -2.11. The number of hydrogen-bond acceptors (Lipinski definition) is 10. The first-order valence-corrected chi connectivity index (χ1v) is 10.7. The summed E-state index contributed by atoms with van der Waals surface area (Å²) in [6, 6.07) is 4.05. The van der Waals surface area contributed by atoms with Gasteiger partial charge in [-0.2, -0.15) is 8.42 Å². The molecule has 2 rings (SSSR count). The molecule has 15 nitrogen and oxygen atoms in total. The fourth-order valence-corrected chi connectivity index (χ4v) is 2.74. The molecule has 16 heteroatoms. The van der Waals surface area contributed by atoms with E-state index in [0.717, 1.165) is 11.6 Å². The van der Waals surface area contributed by atoms with Gasteiger partial charge in [0, 0.05) is 17.2 Å². The summed E-state index contributed by atoms with van der Waals surface area (Å²) >= 11 is 0. The molecule has 36 heavy (non-hydrogen) atoms. The number of aromatic carboxylic acids is 2. The van der Waals surface area contributed by atoms with Gasteiger partial charge in [0.05, 0.1) is 38.9 Å². The Morgan fingerprint density at radius 2 is 1.19 bits per heavy atom. The van der Waals surface area contributed by atoms with Crippen LogP contribution in [0.2, 0.25) is 0 Å². The Kier molecular flexibility index (Phi) is 12.1. The van der Waals surface area contributed by atoms with E-state index in [9.17, 15) is 19.7 Å². The fourth-order valence-electron chi connectivity index (χ4n) is 2.74. The van der Waals surface area contributed by atoms with Crippen LogP contribution in [0, 0.1) is 24.0 Å². The molecule has 2 aromatic rings. The van der Waals surface area contributed by atoms with Crippen molar-refractivity contribution in [3.63, 3.8) is 0 Å². The first kappa shape index (κ1) is 31.9. The zero-order valence-electron chi connectivity index (χ0n) is 20.0. The number of benzene rings is 2. The van der Waals surface area contributed by atoms with E-state index in [1.165, 1.54) is 40.6 Å². The molecule has 0 unspecified atom stereocenters. The van der Waals surface area contributed by atoms with Crippen molar-refractivity contribution in [3.05, 3.63) is 50.6 Å². The molecule has 2 aromatic carbocycles. The molecule has 0 saturated carbocycles. The summed E-state index contributed by atoms with van der Waals surface area (Å²) in [5.74, 6) is -1.25. The van der Waals surface area contributed by atoms with E-state index < -0.39 is 38.5 Å². The third-order valence-corrected chi connectivity index (χ3v) is 4.29. The van der Waals surface area contributed by atoms with Crippen molar-refractivity contribution in [1.29, 1.82) is 0 Å². The van der Waals surface area contributed by atoms with Gasteiger partial charge < -0.3 is 29.2 Å². The third-order valence-electron chi connectivity index (χ3n) is 4.29. The third kappa shape index (κ3) is 9.24. The van der Waals surface area contributed by atoms with E-state index >= 15 is 0 Å². The molecule has 0 aliphatic carbocycles. The van der Waals surface area contributed by atoms with Gasteiger partial charge in [-0.1, -0.05) is 0 Å². The molecule has 0 radical (unpaired) electrons. The second-order valence-electron chi connectivity index (χ2n) is 6.45. The Morgan fingerprint density at radius 3 is 1.47 bits per heavy atom. The van der Waals surface area contributed by atoms with E-state index in [1.807, 2.05) is 6.92 Å². The Morgan fingerprint density at radius 1 is 0.806 bits per heavy atom. The molecule has 0 aliphatic heterocycles. The number of carboxylic acids is 2. The monoisotopic (exact) mass is 535 g/mol. The van der Waals surface area contributed by atoms with Gasteiger partial charge in [-0.25, -0.2) is 9.59 Å². The van der Waals surface area contributed by atoms with Crippen LogP contribution in [0.15, 0.2) is 18.2 Å². The maximum absolute atomic E-state index is 11.0. The van der Waals surface area contributed by atoms with Gasteiger partial charge in [-0.05, 0) is 26.0 Å². The normalized spacial score (nSPS) is 10.0. The van der Waals surface area contributed by atoms with Crippen LogP contribution in [-0.4, -0.2) is 73.0 Å². The lowest BCUT2D eigenvalue weighted by Crippen LogP contribution is -2.07. The second kappa shape index (κ2) is 13.7. The van der Waals surface area contributed by atoms with Gasteiger partial charge in [-0.15, -0.1) is 0 Å². The minimum Gasteiger partial charge on any atom is -0.496 e. The molecule has 0 saturated heterocycles. The van der Waals surface area contributed by atoms with Gasteiger partial charge in [0.15, 0.2) is 0 Å². The molecule has 0 aliphatic rings. The Labute approximate surface area is 205 Å². The number of nitro groups is 1. The van der Waals surface area contributed by atoms with Crippen LogP contribution in [0.1, 0.15) is 31.8 Å². The second-order valence-corrected chi connectivity index (χ2v) is 7.35. The maximum Gasteiger partial charge on any atom is 0.394 e. The summed E-state index contributed by atoms with van der Waals surface area (Å²) in [7, 11) is 0.903. The van der Waals surface area contributed by atoms with E-state index in [2.05, 4.69) is 0 Å². The summed E-state index contributed by atoms with van der Waals surface area (Å²) in [5.41, 5.74) is 0.295. The molecule has 0 atom stereocenters. The topological polar surface area (TPSA) is 229 Å². The molecule has 0 heterocycles. The van der Waals surface area contributed by atoms with E-state index in [4.69, 9.17) is 46.7 Å². The lowest BCUT2D eigenvalue weighted by atomic mass is 10.1. The largest absolute Gasteiger partial charge is 0.496 e. The molecule has 200 valence electrons. The number of nitro benzene ring substituents is 1. The van der Waals surface area contributed by atoms with Gasteiger partial charge in [-0.3, -0.25) is 19.2 Å². The Balaban J connectivity index is 0.000000581. The molecule has 0 fully saturated rings. The van der Waals surface area contributed by atoms with Crippen LogP contribution in [0.25, 0.3) is 0 Å². The van der Waals surface area contributed by atoms with Crippen LogP contribution in [-0.2, 0) is 10.4 Å². The number of nitrogens with zero attached hydrogens (tertiary/aromatic N) is 1. The smallest absolute Gasteiger partial charge is 0.394 e. The summed E-state index contributed by atoms with van der Waals surface area (Å²) in [6.45, 7) is 3.36. The molecule has 0 amide bonds. The number of hydrogen-bond donors (Lipinski definition) is 4. The Hall–Kier alpha value is -4.15. The highest BCUT2D eigenvalue weighted by molar-refractivity contribution is 7.79. The number of carbonyl (C=O) groups is 2. The standard InChI is InChI=1S/C10H11NO6.C10H12O4.H2O4S/c1-5-7(16-2)4-6(10(12)13)8(11(14)15)9(5)17-3;1-6-8(13-2)4-7(10(11)12)5-9(6)14-3;1-5(2,3)4/h4H,1-3H3,(H,12,13);4-5H,1-3H3,(H,11,12);(H2,1,2,3,4). The molecule has 0 aromatic heterocycles. The van der Waals surface area contributed by atoms with Crippen molar-refractivity contribution in [2.75, 3.05) is 28.4 Å². The Bertz CT molecular complexity index is 1190. The number of ether oxygens (including phenoxy) is 4. The predicted molar refractivity (Wildman–Crippen MR) is 123 cm³/mol. The summed E-state index contributed by atoms with van der Waals surface area (Å²) in [5, 5.41) is 28.6. The average Bonchev–Trinajstić information content (AvgIpc) is 2.77. The van der Waals surface area contributed by atoms with Crippen molar-refractivity contribution >= 4 is 28.0 Å². The van der Waals surface area contributed by atoms with Crippen LogP contribution in [0.4, 0.5) is 5.69 Å². The quantitative estimate of drug-likeness (QED) is 0.227. The van der Waals surface area contributed by atoms with Gasteiger partial charge in [0.25, 0.3) is 0 Å². The van der Waals surface area contributed by atoms with Gasteiger partial charge >= 0.3 is 28.0 Å². The van der Waals surface area contributed by atoms with E-state index in [-0.39, 0.29) is 17.1 Å². The number of carboxylic acid groups (broad SMARTS) is 2.